The number of fused-ring (bicyclic) bond motifs is 1. The molecule has 1 aromatic heterocycles. The SMILES string of the molecule is CCOC(=O)C1=C(C)N=c2s/c(=C\c3ccccc3)c(=O)n2[C@@H]1c1ccc(N(C)C)cc1. The van der Waals surface area contributed by atoms with Crippen molar-refractivity contribution in [2.45, 2.75) is 19.9 Å². The fourth-order valence-electron chi connectivity index (χ4n) is 3.76. The first-order chi connectivity index (χ1) is 15.4. The van der Waals surface area contributed by atoms with Gasteiger partial charge in [-0.05, 0) is 43.2 Å². The fraction of sp³-hybridized carbons (Fsp3) is 0.240. The molecule has 164 valence electrons. The number of esters is 1. The zero-order valence-corrected chi connectivity index (χ0v) is 19.3. The predicted molar refractivity (Wildman–Crippen MR) is 128 cm³/mol. The Labute approximate surface area is 190 Å². The maximum Gasteiger partial charge on any atom is 0.338 e. The minimum absolute atomic E-state index is 0.173. The standard InChI is InChI=1S/C25H25N3O3S/c1-5-31-24(30)21-16(2)26-25-28(22(21)18-11-13-19(14-12-18)27(3)4)23(29)20(32-25)15-17-9-7-6-8-10-17/h6-15,22H,5H2,1-4H3/b20-15-/t22-/m1/s1. The first-order valence-corrected chi connectivity index (χ1v) is 11.2. The van der Waals surface area contributed by atoms with E-state index in [0.29, 0.717) is 20.6 Å². The van der Waals surface area contributed by atoms with Crippen molar-refractivity contribution in [1.82, 2.24) is 4.57 Å². The molecule has 0 amide bonds. The molecule has 2 heterocycles. The monoisotopic (exact) mass is 447 g/mol. The lowest BCUT2D eigenvalue weighted by molar-refractivity contribution is -0.139. The molecule has 0 spiro atoms. The zero-order chi connectivity index (χ0) is 22.8. The Hall–Kier alpha value is -3.45. The van der Waals surface area contributed by atoms with Crippen molar-refractivity contribution in [3.05, 3.63) is 96.7 Å². The number of aromatic nitrogens is 1. The van der Waals surface area contributed by atoms with E-state index in [0.717, 1.165) is 16.8 Å². The predicted octanol–water partition coefficient (Wildman–Crippen LogP) is 2.86. The Balaban J connectivity index is 1.94. The third kappa shape index (κ3) is 4.03. The second kappa shape index (κ2) is 8.96. The summed E-state index contributed by atoms with van der Waals surface area (Å²) in [6.07, 6.45) is 1.86. The second-order valence-electron chi connectivity index (χ2n) is 7.70. The van der Waals surface area contributed by atoms with Gasteiger partial charge in [0.2, 0.25) is 0 Å². The number of hydrogen-bond donors (Lipinski definition) is 0. The highest BCUT2D eigenvalue weighted by atomic mass is 32.1. The van der Waals surface area contributed by atoms with Crippen molar-refractivity contribution < 1.29 is 9.53 Å². The molecule has 0 radical (unpaired) electrons. The molecule has 0 saturated heterocycles. The number of allylic oxidation sites excluding steroid dienone is 1. The van der Waals surface area contributed by atoms with Crippen molar-refractivity contribution in [1.29, 1.82) is 0 Å². The third-order valence-electron chi connectivity index (χ3n) is 5.34. The van der Waals surface area contributed by atoms with Crippen LogP contribution in [0.15, 0.2) is 75.7 Å². The first kappa shape index (κ1) is 21.8. The number of benzene rings is 2. The van der Waals surface area contributed by atoms with Gasteiger partial charge in [0.25, 0.3) is 5.56 Å². The average Bonchev–Trinajstić information content (AvgIpc) is 3.08. The Morgan fingerprint density at radius 2 is 1.84 bits per heavy atom. The van der Waals surface area contributed by atoms with Crippen LogP contribution in [0, 0.1) is 0 Å². The summed E-state index contributed by atoms with van der Waals surface area (Å²) in [5.41, 5.74) is 3.59. The lowest BCUT2D eigenvalue weighted by Gasteiger charge is -2.25. The van der Waals surface area contributed by atoms with Crippen LogP contribution in [-0.2, 0) is 9.53 Å². The summed E-state index contributed by atoms with van der Waals surface area (Å²) in [6.45, 7) is 3.81. The van der Waals surface area contributed by atoms with Gasteiger partial charge in [0.15, 0.2) is 4.80 Å². The van der Waals surface area contributed by atoms with Gasteiger partial charge in [-0.1, -0.05) is 53.8 Å². The van der Waals surface area contributed by atoms with Crippen LogP contribution in [0.25, 0.3) is 6.08 Å². The maximum atomic E-state index is 13.5. The molecule has 0 bridgehead atoms. The summed E-state index contributed by atoms with van der Waals surface area (Å²) in [6, 6.07) is 17.0. The van der Waals surface area contributed by atoms with Crippen LogP contribution >= 0.6 is 11.3 Å². The number of carbonyl (C=O) groups excluding carboxylic acids is 1. The topological polar surface area (TPSA) is 63.9 Å². The molecule has 0 unspecified atom stereocenters. The minimum Gasteiger partial charge on any atom is -0.463 e. The van der Waals surface area contributed by atoms with Crippen LogP contribution in [0.1, 0.15) is 31.0 Å². The number of nitrogens with zero attached hydrogens (tertiary/aromatic N) is 3. The van der Waals surface area contributed by atoms with Gasteiger partial charge in [0.05, 0.1) is 28.5 Å². The second-order valence-corrected chi connectivity index (χ2v) is 8.71. The molecule has 0 fully saturated rings. The highest BCUT2D eigenvalue weighted by Crippen LogP contribution is 2.31. The van der Waals surface area contributed by atoms with Gasteiger partial charge in [-0.25, -0.2) is 9.79 Å². The van der Waals surface area contributed by atoms with Crippen LogP contribution in [0.5, 0.6) is 0 Å². The lowest BCUT2D eigenvalue weighted by atomic mass is 9.95. The fourth-order valence-corrected chi connectivity index (χ4v) is 4.81. The van der Waals surface area contributed by atoms with E-state index >= 15 is 0 Å². The van der Waals surface area contributed by atoms with Gasteiger partial charge in [0.1, 0.15) is 0 Å². The number of thiazole rings is 1. The van der Waals surface area contributed by atoms with Gasteiger partial charge in [-0.3, -0.25) is 9.36 Å². The third-order valence-corrected chi connectivity index (χ3v) is 6.32. The van der Waals surface area contributed by atoms with Gasteiger partial charge in [0, 0.05) is 19.8 Å². The molecule has 6 nitrogen and oxygen atoms in total. The van der Waals surface area contributed by atoms with Crippen LogP contribution < -0.4 is 19.8 Å². The highest BCUT2D eigenvalue weighted by molar-refractivity contribution is 7.07. The van der Waals surface area contributed by atoms with E-state index in [2.05, 4.69) is 4.99 Å². The summed E-state index contributed by atoms with van der Waals surface area (Å²) >= 11 is 1.33. The van der Waals surface area contributed by atoms with Crippen molar-refractivity contribution in [2.75, 3.05) is 25.6 Å². The molecule has 7 heteroatoms. The van der Waals surface area contributed by atoms with E-state index in [-0.39, 0.29) is 12.2 Å². The summed E-state index contributed by atoms with van der Waals surface area (Å²) in [5.74, 6) is -0.451. The Bertz CT molecular complexity index is 1350. The largest absolute Gasteiger partial charge is 0.463 e. The van der Waals surface area contributed by atoms with Gasteiger partial charge < -0.3 is 9.64 Å². The van der Waals surface area contributed by atoms with E-state index in [9.17, 15) is 9.59 Å². The van der Waals surface area contributed by atoms with Gasteiger partial charge in [-0.2, -0.15) is 0 Å². The number of anilines is 1. The van der Waals surface area contributed by atoms with E-state index < -0.39 is 12.0 Å². The zero-order valence-electron chi connectivity index (χ0n) is 18.5. The molecule has 2 aromatic carbocycles. The maximum absolute atomic E-state index is 13.5. The van der Waals surface area contributed by atoms with Crippen LogP contribution in [0.2, 0.25) is 0 Å². The summed E-state index contributed by atoms with van der Waals surface area (Å²) < 4.78 is 7.52. The molecular weight excluding hydrogens is 422 g/mol. The van der Waals surface area contributed by atoms with Crippen molar-refractivity contribution in [3.63, 3.8) is 0 Å². The number of rotatable bonds is 5. The molecule has 3 aromatic rings. The Kier molecular flexibility index (Phi) is 6.10. The summed E-state index contributed by atoms with van der Waals surface area (Å²) in [5, 5.41) is 0. The Morgan fingerprint density at radius 1 is 1.16 bits per heavy atom. The van der Waals surface area contributed by atoms with Crippen LogP contribution in [-0.4, -0.2) is 31.2 Å². The highest BCUT2D eigenvalue weighted by Gasteiger charge is 2.33. The van der Waals surface area contributed by atoms with Crippen molar-refractivity contribution >= 4 is 29.1 Å². The molecule has 0 aliphatic carbocycles. The molecule has 0 saturated carbocycles. The van der Waals surface area contributed by atoms with Gasteiger partial charge >= 0.3 is 5.97 Å². The Morgan fingerprint density at radius 3 is 2.47 bits per heavy atom. The molecule has 0 N–H and O–H groups in total. The smallest absolute Gasteiger partial charge is 0.338 e. The quantitative estimate of drug-likeness (QED) is 0.565. The molecule has 1 aliphatic heterocycles. The molecule has 4 rings (SSSR count). The van der Waals surface area contributed by atoms with E-state index in [1.165, 1.54) is 11.3 Å². The number of carbonyl (C=O) groups is 1. The molecular formula is C25H25N3O3S. The number of hydrogen-bond acceptors (Lipinski definition) is 6. The normalized spacial score (nSPS) is 15.9. The van der Waals surface area contributed by atoms with Crippen molar-refractivity contribution in [2.24, 2.45) is 4.99 Å². The van der Waals surface area contributed by atoms with E-state index in [1.54, 1.807) is 18.4 Å². The molecule has 1 aliphatic rings. The molecule has 32 heavy (non-hydrogen) atoms. The van der Waals surface area contributed by atoms with Crippen molar-refractivity contribution in [3.8, 4) is 0 Å². The van der Waals surface area contributed by atoms with E-state index in [1.807, 2.05) is 79.7 Å². The van der Waals surface area contributed by atoms with Crippen LogP contribution in [0.4, 0.5) is 5.69 Å². The molecule has 1 atom stereocenters. The first-order valence-electron chi connectivity index (χ1n) is 10.4. The van der Waals surface area contributed by atoms with E-state index in [4.69, 9.17) is 4.74 Å². The lowest BCUT2D eigenvalue weighted by Crippen LogP contribution is -2.39. The summed E-state index contributed by atoms with van der Waals surface area (Å²) in [4.78, 5) is 33.6. The van der Waals surface area contributed by atoms with Gasteiger partial charge in [-0.15, -0.1) is 0 Å². The summed E-state index contributed by atoms with van der Waals surface area (Å²) in [7, 11) is 3.94. The van der Waals surface area contributed by atoms with Crippen LogP contribution in [0.3, 0.4) is 0 Å². The average molecular weight is 448 g/mol. The number of ether oxygens (including phenoxy) is 1. The minimum atomic E-state index is -0.598.